The summed E-state index contributed by atoms with van der Waals surface area (Å²) < 4.78 is 26.8. The summed E-state index contributed by atoms with van der Waals surface area (Å²) in [4.78, 5) is 7.19. The second-order valence-electron chi connectivity index (χ2n) is 6.55. The Morgan fingerprint density at radius 3 is 2.25 bits per heavy atom. The lowest BCUT2D eigenvalue weighted by atomic mass is 10.1. The second-order valence-corrected chi connectivity index (χ2v) is 9.60. The Morgan fingerprint density at radius 2 is 1.62 bits per heavy atom. The predicted octanol–water partition coefficient (Wildman–Crippen LogP) is 2.83. The fourth-order valence-corrected chi connectivity index (χ4v) is 5.63. The van der Waals surface area contributed by atoms with Gasteiger partial charge in [-0.15, -0.1) is 11.8 Å². The van der Waals surface area contributed by atoms with Crippen LogP contribution in [0.15, 0.2) is 28.3 Å². The Hall–Kier alpha value is -0.630. The van der Waals surface area contributed by atoms with E-state index in [1.54, 1.807) is 22.1 Å². The van der Waals surface area contributed by atoms with E-state index < -0.39 is 10.0 Å². The van der Waals surface area contributed by atoms with Gasteiger partial charge in [-0.2, -0.15) is 4.31 Å². The number of likely N-dealkylation sites (tertiary alicyclic amines) is 1. The van der Waals surface area contributed by atoms with Crippen LogP contribution in [0, 0.1) is 0 Å². The molecule has 24 heavy (non-hydrogen) atoms. The van der Waals surface area contributed by atoms with Gasteiger partial charge in [0.15, 0.2) is 0 Å². The molecule has 0 aliphatic carbocycles. The monoisotopic (exact) mass is 369 g/mol. The van der Waals surface area contributed by atoms with Crippen LogP contribution in [0.1, 0.15) is 38.5 Å². The molecule has 2 aliphatic rings. The molecular formula is C17H27N3O2S2. The average Bonchev–Trinajstić information content (AvgIpc) is 2.64. The first-order valence-electron chi connectivity index (χ1n) is 8.98. The molecule has 0 saturated carbocycles. The highest BCUT2D eigenvalue weighted by Crippen LogP contribution is 2.22. The van der Waals surface area contributed by atoms with Crippen molar-refractivity contribution in [2.75, 3.05) is 38.5 Å². The Bertz CT molecular complexity index is 607. The van der Waals surface area contributed by atoms with Crippen molar-refractivity contribution in [1.82, 2.24) is 14.2 Å². The molecule has 2 aliphatic heterocycles. The normalized spacial score (nSPS) is 21.0. The first kappa shape index (κ1) is 18.2. The van der Waals surface area contributed by atoms with Crippen LogP contribution in [0.4, 0.5) is 0 Å². The van der Waals surface area contributed by atoms with Gasteiger partial charge in [0, 0.05) is 31.6 Å². The van der Waals surface area contributed by atoms with Gasteiger partial charge in [0.2, 0.25) is 10.0 Å². The Kier molecular flexibility index (Phi) is 6.55. The summed E-state index contributed by atoms with van der Waals surface area (Å²) >= 11 is 1.71. The average molecular weight is 370 g/mol. The van der Waals surface area contributed by atoms with E-state index in [9.17, 15) is 8.42 Å². The van der Waals surface area contributed by atoms with Crippen molar-refractivity contribution >= 4 is 21.8 Å². The van der Waals surface area contributed by atoms with Gasteiger partial charge < -0.3 is 4.90 Å². The smallest absolute Gasteiger partial charge is 0.244 e. The van der Waals surface area contributed by atoms with Gasteiger partial charge in [0.05, 0.1) is 5.03 Å². The maximum absolute atomic E-state index is 12.6. The minimum absolute atomic E-state index is 0.324. The Labute approximate surface area is 149 Å². The highest BCUT2D eigenvalue weighted by atomic mass is 32.2. The zero-order valence-corrected chi connectivity index (χ0v) is 15.8. The van der Waals surface area contributed by atoms with E-state index in [1.165, 1.54) is 38.5 Å². The first-order valence-corrected chi connectivity index (χ1v) is 11.4. The van der Waals surface area contributed by atoms with Gasteiger partial charge in [0.25, 0.3) is 0 Å². The van der Waals surface area contributed by atoms with Gasteiger partial charge in [-0.05, 0) is 50.9 Å². The number of aromatic nitrogens is 1. The van der Waals surface area contributed by atoms with Crippen LogP contribution in [0.5, 0.6) is 0 Å². The number of nitrogens with zero attached hydrogens (tertiary/aromatic N) is 3. The third-order valence-electron chi connectivity index (χ3n) is 4.77. The minimum Gasteiger partial charge on any atom is -0.303 e. The summed E-state index contributed by atoms with van der Waals surface area (Å²) in [5, 5.41) is 0.907. The largest absolute Gasteiger partial charge is 0.303 e. The summed E-state index contributed by atoms with van der Waals surface area (Å²) in [6, 6.07) is 3.55. The molecule has 0 atom stereocenters. The number of hydrogen-bond donors (Lipinski definition) is 0. The van der Waals surface area contributed by atoms with E-state index in [2.05, 4.69) is 9.88 Å². The van der Waals surface area contributed by atoms with Gasteiger partial charge in [-0.25, -0.2) is 13.4 Å². The molecular weight excluding hydrogens is 342 g/mol. The van der Waals surface area contributed by atoms with Crippen molar-refractivity contribution in [3.63, 3.8) is 0 Å². The van der Waals surface area contributed by atoms with Gasteiger partial charge in [-0.3, -0.25) is 0 Å². The molecule has 0 radical (unpaired) electrons. The maximum Gasteiger partial charge on any atom is 0.244 e. The lowest BCUT2D eigenvalue weighted by molar-refractivity contribution is 0.242. The van der Waals surface area contributed by atoms with Crippen molar-refractivity contribution in [3.05, 3.63) is 18.3 Å². The lowest BCUT2D eigenvalue weighted by Crippen LogP contribution is -2.35. The molecule has 1 aromatic heterocycles. The minimum atomic E-state index is -3.36. The highest BCUT2D eigenvalue weighted by molar-refractivity contribution is 7.99. The second kappa shape index (κ2) is 8.65. The molecule has 0 bridgehead atoms. The van der Waals surface area contributed by atoms with Crippen molar-refractivity contribution in [3.8, 4) is 0 Å². The molecule has 1 aromatic rings. The van der Waals surface area contributed by atoms with Crippen LogP contribution in [0.25, 0.3) is 0 Å². The molecule has 2 saturated heterocycles. The zero-order chi connectivity index (χ0) is 16.8. The molecule has 0 amide bonds. The molecule has 3 heterocycles. The van der Waals surface area contributed by atoms with Crippen molar-refractivity contribution in [2.45, 2.75) is 48.4 Å². The first-order chi connectivity index (χ1) is 11.7. The van der Waals surface area contributed by atoms with Crippen LogP contribution in [0.3, 0.4) is 0 Å². The molecule has 134 valence electrons. The van der Waals surface area contributed by atoms with Gasteiger partial charge in [-0.1, -0.05) is 12.8 Å². The van der Waals surface area contributed by atoms with E-state index in [0.29, 0.717) is 18.0 Å². The van der Waals surface area contributed by atoms with Crippen LogP contribution < -0.4 is 0 Å². The fourth-order valence-electron chi connectivity index (χ4n) is 3.32. The molecule has 2 fully saturated rings. The van der Waals surface area contributed by atoms with Crippen molar-refractivity contribution in [1.29, 1.82) is 0 Å². The molecule has 5 nitrogen and oxygen atoms in total. The van der Waals surface area contributed by atoms with Crippen molar-refractivity contribution in [2.24, 2.45) is 0 Å². The van der Waals surface area contributed by atoms with Crippen LogP contribution in [0.2, 0.25) is 0 Å². The lowest BCUT2D eigenvalue weighted by Gasteiger charge is -2.26. The number of pyridine rings is 1. The summed E-state index contributed by atoms with van der Waals surface area (Å²) in [6.45, 7) is 4.77. The third kappa shape index (κ3) is 4.71. The molecule has 3 rings (SSSR count). The van der Waals surface area contributed by atoms with E-state index in [1.807, 2.05) is 6.07 Å². The van der Waals surface area contributed by atoms with Crippen LogP contribution in [-0.4, -0.2) is 61.1 Å². The van der Waals surface area contributed by atoms with Gasteiger partial charge in [0.1, 0.15) is 4.90 Å². The SMILES string of the molecule is O=S(=O)(c1ccc(SCCN2CCCCC2)nc1)N1CCCCC1. The van der Waals surface area contributed by atoms with Crippen molar-refractivity contribution < 1.29 is 8.42 Å². The molecule has 7 heteroatoms. The zero-order valence-electron chi connectivity index (χ0n) is 14.2. The van der Waals surface area contributed by atoms with E-state index in [0.717, 1.165) is 36.6 Å². The summed E-state index contributed by atoms with van der Waals surface area (Å²) in [6.07, 6.45) is 8.54. The predicted molar refractivity (Wildman–Crippen MR) is 97.9 cm³/mol. The number of thioether (sulfide) groups is 1. The summed E-state index contributed by atoms with van der Waals surface area (Å²) in [7, 11) is -3.36. The number of sulfonamides is 1. The fraction of sp³-hybridized carbons (Fsp3) is 0.706. The summed E-state index contributed by atoms with van der Waals surface area (Å²) in [5.74, 6) is 1.01. The number of hydrogen-bond acceptors (Lipinski definition) is 5. The number of rotatable bonds is 6. The standard InChI is InChI=1S/C17H27N3O2S2/c21-24(22,20-11-5-2-6-12-20)16-7-8-17(18-15-16)23-14-13-19-9-3-1-4-10-19/h7-8,15H,1-6,9-14H2. The highest BCUT2D eigenvalue weighted by Gasteiger charge is 2.26. The Morgan fingerprint density at radius 1 is 0.958 bits per heavy atom. The van der Waals surface area contributed by atoms with E-state index in [-0.39, 0.29) is 0 Å². The topological polar surface area (TPSA) is 53.5 Å². The third-order valence-corrected chi connectivity index (χ3v) is 7.57. The van der Waals surface area contributed by atoms with Crippen LogP contribution in [-0.2, 0) is 10.0 Å². The molecule has 0 N–H and O–H groups in total. The van der Waals surface area contributed by atoms with E-state index >= 15 is 0 Å². The maximum atomic E-state index is 12.6. The summed E-state index contributed by atoms with van der Waals surface area (Å²) in [5.41, 5.74) is 0. The Balaban J connectivity index is 1.52. The molecule has 0 spiro atoms. The molecule has 0 unspecified atom stereocenters. The van der Waals surface area contributed by atoms with Gasteiger partial charge >= 0.3 is 0 Å². The molecule has 0 aromatic carbocycles. The van der Waals surface area contributed by atoms with Crippen LogP contribution >= 0.6 is 11.8 Å². The number of piperidine rings is 2. The van der Waals surface area contributed by atoms with E-state index in [4.69, 9.17) is 0 Å². The quantitative estimate of drug-likeness (QED) is 0.722.